The van der Waals surface area contributed by atoms with Crippen LogP contribution in [0.1, 0.15) is 69.8 Å². The van der Waals surface area contributed by atoms with Gasteiger partial charge in [0.05, 0.1) is 11.6 Å². The number of carbonyl (C=O) groups is 2. The molecule has 172 valence electrons. The smallest absolute Gasteiger partial charge is 0.315 e. The van der Waals surface area contributed by atoms with Gasteiger partial charge < -0.3 is 9.15 Å². The van der Waals surface area contributed by atoms with E-state index in [1.54, 1.807) is 25.1 Å². The molecule has 3 aliphatic rings. The number of nitrogens with zero attached hydrogens (tertiary/aromatic N) is 1. The van der Waals surface area contributed by atoms with Crippen LogP contribution in [0.3, 0.4) is 0 Å². The summed E-state index contributed by atoms with van der Waals surface area (Å²) in [5, 5.41) is 0.736. The van der Waals surface area contributed by atoms with Crippen LogP contribution in [0.4, 0.5) is 0 Å². The van der Waals surface area contributed by atoms with Gasteiger partial charge in [-0.25, -0.2) is 0 Å². The number of allylic oxidation sites excluding steroid dienone is 2. The number of carbonyl (C=O) groups excluding carboxylic acids is 2. The Morgan fingerprint density at radius 3 is 2.70 bits per heavy atom. The Balaban J connectivity index is 1.63. The second-order valence-corrected chi connectivity index (χ2v) is 9.64. The third-order valence-electron chi connectivity index (χ3n) is 7.02. The Hall–Kier alpha value is -2.73. The first-order chi connectivity index (χ1) is 15.9. The van der Waals surface area contributed by atoms with Crippen LogP contribution in [0, 0.1) is 5.92 Å². The zero-order valence-corrected chi connectivity index (χ0v) is 19.3. The van der Waals surface area contributed by atoms with Crippen molar-refractivity contribution in [3.05, 3.63) is 56.5 Å². The van der Waals surface area contributed by atoms with Crippen LogP contribution >= 0.6 is 11.6 Å². The summed E-state index contributed by atoms with van der Waals surface area (Å²) in [6.45, 7) is 1.78. The van der Waals surface area contributed by atoms with E-state index in [-0.39, 0.29) is 22.9 Å². The van der Waals surface area contributed by atoms with Crippen molar-refractivity contribution in [1.82, 2.24) is 0 Å². The van der Waals surface area contributed by atoms with Gasteiger partial charge in [-0.05, 0) is 63.6 Å². The summed E-state index contributed by atoms with van der Waals surface area (Å²) < 4.78 is 11.7. The van der Waals surface area contributed by atoms with Crippen LogP contribution in [-0.4, -0.2) is 23.6 Å². The molecule has 0 spiro atoms. The molecule has 2 aliphatic carbocycles. The number of rotatable bonds is 3. The molecule has 7 heteroatoms. The molecular formula is C26H26ClNO5. The largest absolute Gasteiger partial charge is 0.464 e. The fraction of sp³-hybridized carbons (Fsp3) is 0.462. The summed E-state index contributed by atoms with van der Waals surface area (Å²) in [6.07, 6.45) is 7.85. The molecule has 5 rings (SSSR count). The zero-order chi connectivity index (χ0) is 23.1. The molecule has 33 heavy (non-hydrogen) atoms. The Morgan fingerprint density at radius 2 is 1.91 bits per heavy atom. The van der Waals surface area contributed by atoms with Crippen LogP contribution < -0.4 is 5.43 Å². The van der Waals surface area contributed by atoms with Gasteiger partial charge in [0.1, 0.15) is 17.6 Å². The van der Waals surface area contributed by atoms with E-state index >= 15 is 0 Å². The SMILES string of the molecule is CC1=NC2=C(C(=O)CCC2)[C@H](c2coc3ccc(Cl)cc3c2=O)C1C(=O)OC1CCCCC1. The van der Waals surface area contributed by atoms with Crippen LogP contribution in [0.2, 0.25) is 5.02 Å². The maximum absolute atomic E-state index is 13.6. The van der Waals surface area contributed by atoms with Gasteiger partial charge in [-0.1, -0.05) is 18.0 Å². The highest BCUT2D eigenvalue weighted by atomic mass is 35.5. The molecule has 1 unspecified atom stereocenters. The lowest BCUT2D eigenvalue weighted by Crippen LogP contribution is -2.40. The number of ether oxygens (including phenoxy) is 1. The molecule has 0 saturated heterocycles. The molecule has 6 nitrogen and oxygen atoms in total. The number of fused-ring (bicyclic) bond motifs is 1. The lowest BCUT2D eigenvalue weighted by molar-refractivity contribution is -0.153. The molecular weight excluding hydrogens is 442 g/mol. The van der Waals surface area contributed by atoms with E-state index in [9.17, 15) is 14.4 Å². The third-order valence-corrected chi connectivity index (χ3v) is 7.25. The number of esters is 1. The predicted octanol–water partition coefficient (Wildman–Crippen LogP) is 5.50. The summed E-state index contributed by atoms with van der Waals surface area (Å²) >= 11 is 6.14. The van der Waals surface area contributed by atoms with Crippen LogP contribution in [-0.2, 0) is 14.3 Å². The first-order valence-electron chi connectivity index (χ1n) is 11.7. The first-order valence-corrected chi connectivity index (χ1v) is 12.0. The summed E-state index contributed by atoms with van der Waals surface area (Å²) in [4.78, 5) is 44.8. The van der Waals surface area contributed by atoms with Gasteiger partial charge in [0.15, 0.2) is 11.2 Å². The molecule has 2 aromatic rings. The van der Waals surface area contributed by atoms with Gasteiger partial charge in [0.25, 0.3) is 0 Å². The van der Waals surface area contributed by atoms with Gasteiger partial charge in [-0.15, -0.1) is 0 Å². The topological polar surface area (TPSA) is 85.9 Å². The van der Waals surface area contributed by atoms with Crippen molar-refractivity contribution >= 4 is 40.0 Å². The number of benzene rings is 1. The van der Waals surface area contributed by atoms with Crippen molar-refractivity contribution < 1.29 is 18.7 Å². The molecule has 1 saturated carbocycles. The van der Waals surface area contributed by atoms with E-state index in [0.717, 1.165) is 32.1 Å². The second kappa shape index (κ2) is 8.90. The molecule has 1 aromatic heterocycles. The minimum absolute atomic E-state index is 0.0708. The normalized spacial score (nSPS) is 23.9. The van der Waals surface area contributed by atoms with Crippen LogP contribution in [0.15, 0.2) is 49.9 Å². The van der Waals surface area contributed by atoms with Gasteiger partial charge in [-0.3, -0.25) is 19.4 Å². The molecule has 0 bridgehead atoms. The highest BCUT2D eigenvalue weighted by molar-refractivity contribution is 6.31. The predicted molar refractivity (Wildman–Crippen MR) is 126 cm³/mol. The highest BCUT2D eigenvalue weighted by Crippen LogP contribution is 2.43. The molecule has 0 radical (unpaired) electrons. The molecule has 2 atom stereocenters. The van der Waals surface area contributed by atoms with Gasteiger partial charge in [0, 0.05) is 39.9 Å². The van der Waals surface area contributed by atoms with Crippen molar-refractivity contribution in [3.8, 4) is 0 Å². The highest BCUT2D eigenvalue weighted by Gasteiger charge is 2.45. The van der Waals surface area contributed by atoms with Crippen molar-refractivity contribution in [2.24, 2.45) is 10.9 Å². The fourth-order valence-electron chi connectivity index (χ4n) is 5.40. The lowest BCUT2D eigenvalue weighted by Gasteiger charge is -2.35. The summed E-state index contributed by atoms with van der Waals surface area (Å²) in [5.74, 6) is -2.12. The zero-order valence-electron chi connectivity index (χ0n) is 18.6. The maximum atomic E-state index is 13.6. The quantitative estimate of drug-likeness (QED) is 0.556. The van der Waals surface area contributed by atoms with Crippen LogP contribution in [0.5, 0.6) is 0 Å². The van der Waals surface area contributed by atoms with E-state index < -0.39 is 17.8 Å². The first kappa shape index (κ1) is 22.1. The Labute approximate surface area is 196 Å². The maximum Gasteiger partial charge on any atom is 0.315 e. The van der Waals surface area contributed by atoms with Crippen molar-refractivity contribution in [2.45, 2.75) is 70.3 Å². The monoisotopic (exact) mass is 467 g/mol. The number of Topliss-reactive ketones (excluding diaryl/α,β-unsaturated/α-hetero) is 1. The van der Waals surface area contributed by atoms with Crippen molar-refractivity contribution in [1.29, 1.82) is 0 Å². The number of hydrogen-bond donors (Lipinski definition) is 0. The van der Waals surface area contributed by atoms with E-state index in [4.69, 9.17) is 20.8 Å². The average Bonchev–Trinajstić information content (AvgIpc) is 2.80. The molecule has 2 heterocycles. The van der Waals surface area contributed by atoms with Crippen molar-refractivity contribution in [2.75, 3.05) is 0 Å². The van der Waals surface area contributed by atoms with Gasteiger partial charge >= 0.3 is 5.97 Å². The van der Waals surface area contributed by atoms with Gasteiger partial charge in [0.2, 0.25) is 0 Å². The Bertz CT molecular complexity index is 1250. The number of aliphatic imine (C=N–C) groups is 1. The summed E-state index contributed by atoms with van der Waals surface area (Å²) in [6, 6.07) is 4.85. The van der Waals surface area contributed by atoms with E-state index in [1.165, 1.54) is 6.26 Å². The van der Waals surface area contributed by atoms with Gasteiger partial charge in [-0.2, -0.15) is 0 Å². The lowest BCUT2D eigenvalue weighted by atomic mass is 9.72. The Kier molecular flexibility index (Phi) is 5.95. The summed E-state index contributed by atoms with van der Waals surface area (Å²) in [7, 11) is 0. The van der Waals surface area contributed by atoms with E-state index in [0.29, 0.717) is 52.2 Å². The standard InChI is InChI=1S/C26H26ClNO5/c1-14-22(26(31)33-16-6-3-2-4-7-16)23(24-19(28-14)8-5-9-20(24)29)18-13-32-21-11-10-15(27)12-17(21)25(18)30/h10-13,16,22-23H,2-9H2,1H3/t22?,23-/m1/s1. The summed E-state index contributed by atoms with van der Waals surface area (Å²) in [5.41, 5.74) is 2.07. The fourth-order valence-corrected chi connectivity index (χ4v) is 5.57. The Morgan fingerprint density at radius 1 is 1.12 bits per heavy atom. The number of halogens is 1. The average molecular weight is 468 g/mol. The van der Waals surface area contributed by atoms with E-state index in [2.05, 4.69) is 4.99 Å². The number of ketones is 1. The molecule has 0 amide bonds. The third kappa shape index (κ3) is 4.05. The second-order valence-electron chi connectivity index (χ2n) is 9.20. The van der Waals surface area contributed by atoms with Crippen LogP contribution in [0.25, 0.3) is 11.0 Å². The molecule has 1 aromatic carbocycles. The molecule has 1 aliphatic heterocycles. The molecule has 1 fully saturated rings. The van der Waals surface area contributed by atoms with Crippen molar-refractivity contribution in [3.63, 3.8) is 0 Å². The molecule has 0 N–H and O–H groups in total. The minimum Gasteiger partial charge on any atom is -0.464 e. The minimum atomic E-state index is -0.840. The van der Waals surface area contributed by atoms with E-state index in [1.807, 2.05) is 0 Å². The number of hydrogen-bond acceptors (Lipinski definition) is 6.